The van der Waals surface area contributed by atoms with Gasteiger partial charge in [-0.05, 0) is 18.2 Å². The normalized spacial score (nSPS) is 9.62. The van der Waals surface area contributed by atoms with Crippen LogP contribution in [0.25, 0.3) is 0 Å². The van der Waals surface area contributed by atoms with Crippen molar-refractivity contribution in [1.29, 1.82) is 0 Å². The van der Waals surface area contributed by atoms with E-state index < -0.39 is 12.6 Å². The third-order valence-electron chi connectivity index (χ3n) is 1.46. The average Bonchev–Trinajstić information content (AvgIpc) is 2.15. The van der Waals surface area contributed by atoms with E-state index in [9.17, 15) is 9.18 Å². The largest absolute Gasteiger partial charge is 0.491 e. The molecule has 2 N–H and O–H groups in total. The van der Waals surface area contributed by atoms with Crippen LogP contribution >= 0.6 is 0 Å². The van der Waals surface area contributed by atoms with Crippen LogP contribution in [-0.2, 0) is 0 Å². The number of amides is 1. The molecule has 1 aromatic rings. The number of nitrogens with two attached hydrogens (primary N) is 1. The second kappa shape index (κ2) is 4.45. The van der Waals surface area contributed by atoms with Gasteiger partial charge in [0.1, 0.15) is 19.0 Å². The number of rotatable bonds is 4. The van der Waals surface area contributed by atoms with E-state index in [0.717, 1.165) is 0 Å². The maximum Gasteiger partial charge on any atom is 0.248 e. The quantitative estimate of drug-likeness (QED) is 0.760. The molecule has 0 saturated carbocycles. The first-order valence-corrected chi connectivity index (χ1v) is 3.82. The third-order valence-corrected chi connectivity index (χ3v) is 1.46. The Morgan fingerprint density at radius 2 is 2.31 bits per heavy atom. The molecule has 0 aliphatic rings. The van der Waals surface area contributed by atoms with Crippen molar-refractivity contribution in [2.45, 2.75) is 0 Å². The zero-order valence-corrected chi connectivity index (χ0v) is 7.00. The van der Waals surface area contributed by atoms with Gasteiger partial charge in [0.05, 0.1) is 0 Å². The predicted molar refractivity (Wildman–Crippen MR) is 46.4 cm³/mol. The predicted octanol–water partition coefficient (Wildman–Crippen LogP) is 1.13. The Hall–Kier alpha value is -1.58. The molecular weight excluding hydrogens is 173 g/mol. The second-order valence-electron chi connectivity index (χ2n) is 2.43. The highest BCUT2D eigenvalue weighted by Crippen LogP contribution is 2.12. The minimum atomic E-state index is -0.555. The lowest BCUT2D eigenvalue weighted by Gasteiger charge is -2.03. The van der Waals surface area contributed by atoms with Crippen LogP contribution in [0.5, 0.6) is 5.75 Å². The molecule has 3 nitrogen and oxygen atoms in total. The Labute approximate surface area is 75.3 Å². The van der Waals surface area contributed by atoms with Gasteiger partial charge in [-0.2, -0.15) is 0 Å². The highest BCUT2D eigenvalue weighted by atomic mass is 19.1. The van der Waals surface area contributed by atoms with Crippen molar-refractivity contribution in [2.75, 3.05) is 13.3 Å². The van der Waals surface area contributed by atoms with E-state index in [0.29, 0.717) is 11.3 Å². The molecule has 0 heterocycles. The number of alkyl halides is 1. The molecule has 70 valence electrons. The molecule has 1 amide bonds. The fourth-order valence-corrected chi connectivity index (χ4v) is 0.896. The fourth-order valence-electron chi connectivity index (χ4n) is 0.896. The molecule has 0 saturated heterocycles. The smallest absolute Gasteiger partial charge is 0.248 e. The number of carbonyl (C=O) groups excluding carboxylic acids is 1. The van der Waals surface area contributed by atoms with Gasteiger partial charge in [0.15, 0.2) is 0 Å². The highest BCUT2D eigenvalue weighted by molar-refractivity contribution is 5.93. The molecule has 4 heteroatoms. The van der Waals surface area contributed by atoms with Crippen molar-refractivity contribution in [3.63, 3.8) is 0 Å². The molecule has 0 bridgehead atoms. The van der Waals surface area contributed by atoms with E-state index in [2.05, 4.69) is 0 Å². The Morgan fingerprint density at radius 3 is 2.92 bits per heavy atom. The number of benzene rings is 1. The summed E-state index contributed by atoms with van der Waals surface area (Å²) in [6.45, 7) is -0.566. The van der Waals surface area contributed by atoms with Crippen LogP contribution in [0.2, 0.25) is 0 Å². The lowest BCUT2D eigenvalue weighted by atomic mass is 10.2. The van der Waals surface area contributed by atoms with Crippen LogP contribution in [0, 0.1) is 0 Å². The summed E-state index contributed by atoms with van der Waals surface area (Å²) in [6, 6.07) is 6.33. The monoisotopic (exact) mass is 183 g/mol. The number of ether oxygens (including phenoxy) is 1. The second-order valence-corrected chi connectivity index (χ2v) is 2.43. The molecule has 0 unspecified atom stereocenters. The van der Waals surface area contributed by atoms with Gasteiger partial charge in [0, 0.05) is 5.56 Å². The number of primary amides is 1. The Kier molecular flexibility index (Phi) is 3.25. The summed E-state index contributed by atoms with van der Waals surface area (Å²) in [7, 11) is 0. The first-order valence-electron chi connectivity index (χ1n) is 3.82. The first kappa shape index (κ1) is 9.51. The zero-order valence-electron chi connectivity index (χ0n) is 7.00. The molecule has 0 fully saturated rings. The van der Waals surface area contributed by atoms with Crippen LogP contribution in [0.3, 0.4) is 0 Å². The summed E-state index contributed by atoms with van der Waals surface area (Å²) in [4.78, 5) is 10.7. The van der Waals surface area contributed by atoms with Gasteiger partial charge in [0.25, 0.3) is 0 Å². The molecule has 0 aliphatic heterocycles. The number of hydrogen-bond donors (Lipinski definition) is 1. The van der Waals surface area contributed by atoms with E-state index in [1.54, 1.807) is 18.2 Å². The van der Waals surface area contributed by atoms with Gasteiger partial charge in [-0.15, -0.1) is 0 Å². The van der Waals surface area contributed by atoms with Crippen LogP contribution < -0.4 is 10.5 Å². The van der Waals surface area contributed by atoms with E-state index >= 15 is 0 Å². The number of carbonyl (C=O) groups is 1. The van der Waals surface area contributed by atoms with Crippen molar-refractivity contribution in [2.24, 2.45) is 5.73 Å². The zero-order chi connectivity index (χ0) is 9.68. The van der Waals surface area contributed by atoms with E-state index in [4.69, 9.17) is 10.5 Å². The average molecular weight is 183 g/mol. The van der Waals surface area contributed by atoms with Gasteiger partial charge in [-0.25, -0.2) is 4.39 Å². The first-order chi connectivity index (χ1) is 6.24. The fraction of sp³-hybridized carbons (Fsp3) is 0.222. The van der Waals surface area contributed by atoms with Crippen molar-refractivity contribution < 1.29 is 13.9 Å². The maximum atomic E-state index is 11.7. The van der Waals surface area contributed by atoms with Crippen LogP contribution in [-0.4, -0.2) is 19.2 Å². The SMILES string of the molecule is NC(=O)c1cccc(OCCF)c1. The van der Waals surface area contributed by atoms with E-state index in [1.807, 2.05) is 0 Å². The van der Waals surface area contributed by atoms with Gasteiger partial charge < -0.3 is 10.5 Å². The van der Waals surface area contributed by atoms with Gasteiger partial charge in [-0.1, -0.05) is 6.07 Å². The summed E-state index contributed by atoms with van der Waals surface area (Å²) in [5, 5.41) is 0. The highest BCUT2D eigenvalue weighted by Gasteiger charge is 2.01. The van der Waals surface area contributed by atoms with Gasteiger partial charge >= 0.3 is 0 Å². The molecule has 0 aliphatic carbocycles. The molecular formula is C9H10FNO2. The molecule has 0 spiro atoms. The third kappa shape index (κ3) is 2.74. The minimum Gasteiger partial charge on any atom is -0.491 e. The summed E-state index contributed by atoms with van der Waals surface area (Å²) in [5.41, 5.74) is 5.40. The Bertz CT molecular complexity index is 301. The van der Waals surface area contributed by atoms with Crippen molar-refractivity contribution in [3.8, 4) is 5.75 Å². The van der Waals surface area contributed by atoms with Crippen LogP contribution in [0.4, 0.5) is 4.39 Å². The van der Waals surface area contributed by atoms with Crippen molar-refractivity contribution in [1.82, 2.24) is 0 Å². The minimum absolute atomic E-state index is 0.0117. The van der Waals surface area contributed by atoms with E-state index in [1.165, 1.54) is 6.07 Å². The van der Waals surface area contributed by atoms with Gasteiger partial charge in [0.2, 0.25) is 5.91 Å². The lowest BCUT2D eigenvalue weighted by molar-refractivity contribution is 0.1000. The Balaban J connectivity index is 2.73. The maximum absolute atomic E-state index is 11.7. The number of halogens is 1. The summed E-state index contributed by atoms with van der Waals surface area (Å²) in [5.74, 6) is -0.0698. The van der Waals surface area contributed by atoms with Crippen LogP contribution in [0.1, 0.15) is 10.4 Å². The van der Waals surface area contributed by atoms with Crippen LogP contribution in [0.15, 0.2) is 24.3 Å². The molecule has 0 atom stereocenters. The molecule has 0 aromatic heterocycles. The number of hydrogen-bond acceptors (Lipinski definition) is 2. The summed E-state index contributed by atoms with van der Waals surface area (Å²) >= 11 is 0. The molecule has 1 rings (SSSR count). The standard InChI is InChI=1S/C9H10FNO2/c10-4-5-13-8-3-1-2-7(6-8)9(11)12/h1-3,6H,4-5H2,(H2,11,12). The molecule has 13 heavy (non-hydrogen) atoms. The lowest BCUT2D eigenvalue weighted by Crippen LogP contribution is -2.11. The van der Waals surface area contributed by atoms with Crippen molar-refractivity contribution in [3.05, 3.63) is 29.8 Å². The van der Waals surface area contributed by atoms with Gasteiger partial charge in [-0.3, -0.25) is 4.79 Å². The Morgan fingerprint density at radius 1 is 1.54 bits per heavy atom. The topological polar surface area (TPSA) is 52.3 Å². The molecule has 0 radical (unpaired) electrons. The summed E-state index contributed by atoms with van der Waals surface area (Å²) < 4.78 is 16.7. The summed E-state index contributed by atoms with van der Waals surface area (Å²) in [6.07, 6.45) is 0. The molecule has 1 aromatic carbocycles. The van der Waals surface area contributed by atoms with E-state index in [-0.39, 0.29) is 6.61 Å². The van der Waals surface area contributed by atoms with Crippen molar-refractivity contribution >= 4 is 5.91 Å².